The number of ether oxygens (including phenoxy) is 1. The molecule has 0 unspecified atom stereocenters. The van der Waals surface area contributed by atoms with Crippen LogP contribution in [0.25, 0.3) is 0 Å². The molecular formula is C27H22N2O8S. The van der Waals surface area contributed by atoms with Crippen LogP contribution in [0.5, 0.6) is 5.75 Å². The predicted molar refractivity (Wildman–Crippen MR) is 139 cm³/mol. The van der Waals surface area contributed by atoms with E-state index in [4.69, 9.17) is 4.74 Å². The van der Waals surface area contributed by atoms with Crippen molar-refractivity contribution >= 4 is 52.8 Å². The summed E-state index contributed by atoms with van der Waals surface area (Å²) < 4.78 is 5.40. The minimum Gasteiger partial charge on any atom is -0.494 e. The molecular weight excluding hydrogens is 512 g/mol. The number of carboxylic acid groups (broad SMARTS) is 2. The third kappa shape index (κ3) is 5.68. The molecule has 0 spiro atoms. The van der Waals surface area contributed by atoms with Gasteiger partial charge < -0.3 is 20.3 Å². The van der Waals surface area contributed by atoms with Crippen molar-refractivity contribution in [3.63, 3.8) is 0 Å². The third-order valence-corrected chi connectivity index (χ3v) is 6.84. The first-order valence-corrected chi connectivity index (χ1v) is 12.3. The van der Waals surface area contributed by atoms with Gasteiger partial charge in [0, 0.05) is 17.0 Å². The first-order valence-electron chi connectivity index (χ1n) is 11.5. The van der Waals surface area contributed by atoms with E-state index in [1.54, 1.807) is 48.5 Å². The van der Waals surface area contributed by atoms with E-state index in [0.29, 0.717) is 28.6 Å². The SMILES string of the molecule is CCOc1ccc(N2C(=O)C[C@H](Sc3ccc(NC(=O)c4cc(C(=O)O)ccc4C(=O)O)cc3)C2=O)cc1. The van der Waals surface area contributed by atoms with Crippen molar-refractivity contribution in [2.24, 2.45) is 0 Å². The highest BCUT2D eigenvalue weighted by Gasteiger charge is 2.40. The highest BCUT2D eigenvalue weighted by Crippen LogP contribution is 2.35. The molecule has 3 aromatic rings. The largest absolute Gasteiger partial charge is 0.494 e. The second-order valence-corrected chi connectivity index (χ2v) is 9.43. The second kappa shape index (κ2) is 11.2. The first kappa shape index (κ1) is 26.4. The summed E-state index contributed by atoms with van der Waals surface area (Å²) in [6, 6.07) is 16.3. The van der Waals surface area contributed by atoms with Crippen LogP contribution in [0.2, 0.25) is 0 Å². The highest BCUT2D eigenvalue weighted by atomic mass is 32.2. The van der Waals surface area contributed by atoms with E-state index in [2.05, 4.69) is 5.32 Å². The molecule has 0 bridgehead atoms. The van der Waals surface area contributed by atoms with Gasteiger partial charge in [0.25, 0.3) is 5.91 Å². The van der Waals surface area contributed by atoms with Gasteiger partial charge in [-0.15, -0.1) is 11.8 Å². The van der Waals surface area contributed by atoms with E-state index in [0.717, 1.165) is 23.1 Å². The quantitative estimate of drug-likeness (QED) is 0.344. The zero-order valence-corrected chi connectivity index (χ0v) is 20.9. The minimum absolute atomic E-state index is 0.0348. The molecule has 3 amide bonds. The van der Waals surface area contributed by atoms with Crippen molar-refractivity contribution < 1.29 is 38.9 Å². The number of rotatable bonds is 9. The maximum atomic E-state index is 13.0. The van der Waals surface area contributed by atoms with E-state index < -0.39 is 23.1 Å². The summed E-state index contributed by atoms with van der Waals surface area (Å²) in [7, 11) is 0. The summed E-state index contributed by atoms with van der Waals surface area (Å²) in [6.07, 6.45) is 0.0348. The number of hydrogen-bond donors (Lipinski definition) is 3. The molecule has 4 rings (SSSR count). The number of carbonyl (C=O) groups excluding carboxylic acids is 3. The van der Waals surface area contributed by atoms with Gasteiger partial charge in [-0.05, 0) is 73.7 Å². The number of nitrogens with zero attached hydrogens (tertiary/aromatic N) is 1. The highest BCUT2D eigenvalue weighted by molar-refractivity contribution is 8.00. The molecule has 1 aliphatic heterocycles. The van der Waals surface area contributed by atoms with E-state index in [1.807, 2.05) is 6.92 Å². The van der Waals surface area contributed by atoms with Crippen molar-refractivity contribution in [3.05, 3.63) is 83.4 Å². The third-order valence-electron chi connectivity index (χ3n) is 5.64. The average molecular weight is 535 g/mol. The summed E-state index contributed by atoms with van der Waals surface area (Å²) >= 11 is 1.22. The number of nitrogens with one attached hydrogen (secondary N) is 1. The molecule has 0 aliphatic carbocycles. The Kier molecular flexibility index (Phi) is 7.77. The Morgan fingerprint density at radius 1 is 0.947 bits per heavy atom. The predicted octanol–water partition coefficient (Wildman–Crippen LogP) is 4.16. The van der Waals surface area contributed by atoms with Crippen LogP contribution in [0.3, 0.4) is 0 Å². The van der Waals surface area contributed by atoms with Crippen LogP contribution in [-0.4, -0.2) is 51.7 Å². The lowest BCUT2D eigenvalue weighted by atomic mass is 10.0. The Morgan fingerprint density at radius 3 is 2.24 bits per heavy atom. The molecule has 11 heteroatoms. The number of carboxylic acids is 2. The Balaban J connectivity index is 1.43. The van der Waals surface area contributed by atoms with Crippen LogP contribution in [0.15, 0.2) is 71.6 Å². The van der Waals surface area contributed by atoms with Gasteiger partial charge in [0.05, 0.1) is 34.2 Å². The normalized spacial score (nSPS) is 14.9. The van der Waals surface area contributed by atoms with E-state index in [-0.39, 0.29) is 34.9 Å². The number of anilines is 2. The van der Waals surface area contributed by atoms with Crippen molar-refractivity contribution in [2.75, 3.05) is 16.8 Å². The number of hydrogen-bond acceptors (Lipinski definition) is 7. The van der Waals surface area contributed by atoms with E-state index in [9.17, 15) is 34.2 Å². The van der Waals surface area contributed by atoms with Gasteiger partial charge in [-0.3, -0.25) is 14.4 Å². The maximum Gasteiger partial charge on any atom is 0.336 e. The molecule has 0 aromatic heterocycles. The zero-order chi connectivity index (χ0) is 27.4. The van der Waals surface area contributed by atoms with E-state index in [1.165, 1.54) is 11.8 Å². The van der Waals surface area contributed by atoms with E-state index >= 15 is 0 Å². The van der Waals surface area contributed by atoms with Gasteiger partial charge in [-0.1, -0.05) is 0 Å². The van der Waals surface area contributed by atoms with Gasteiger partial charge in [0.1, 0.15) is 5.75 Å². The number of aromatic carboxylic acids is 2. The fourth-order valence-corrected chi connectivity index (χ4v) is 4.91. The summed E-state index contributed by atoms with van der Waals surface area (Å²) in [6.45, 7) is 2.36. The lowest BCUT2D eigenvalue weighted by molar-refractivity contribution is -0.121. The molecule has 0 saturated carbocycles. The number of amides is 3. The fourth-order valence-electron chi connectivity index (χ4n) is 3.86. The zero-order valence-electron chi connectivity index (χ0n) is 20.0. The summed E-state index contributed by atoms with van der Waals surface area (Å²) in [4.78, 5) is 62.8. The van der Waals surface area contributed by atoms with Crippen LogP contribution in [-0.2, 0) is 9.59 Å². The second-order valence-electron chi connectivity index (χ2n) is 8.15. The molecule has 3 aromatic carbocycles. The van der Waals surface area contributed by atoms with Crippen LogP contribution >= 0.6 is 11.8 Å². The number of benzene rings is 3. The molecule has 3 N–H and O–H groups in total. The topological polar surface area (TPSA) is 150 Å². The lowest BCUT2D eigenvalue weighted by Gasteiger charge is -2.15. The van der Waals surface area contributed by atoms with Gasteiger partial charge in [-0.25, -0.2) is 14.5 Å². The molecule has 38 heavy (non-hydrogen) atoms. The first-order chi connectivity index (χ1) is 18.2. The number of thioether (sulfide) groups is 1. The maximum absolute atomic E-state index is 13.0. The smallest absolute Gasteiger partial charge is 0.336 e. The molecule has 1 saturated heterocycles. The van der Waals surface area contributed by atoms with Crippen molar-refractivity contribution in [1.82, 2.24) is 0 Å². The summed E-state index contributed by atoms with van der Waals surface area (Å²) in [5.41, 5.74) is -0.0398. The van der Waals surface area contributed by atoms with Crippen LogP contribution in [0.4, 0.5) is 11.4 Å². The average Bonchev–Trinajstić information content (AvgIpc) is 3.17. The lowest BCUT2D eigenvalue weighted by Crippen LogP contribution is -2.31. The number of imide groups is 1. The summed E-state index contributed by atoms with van der Waals surface area (Å²) in [5, 5.41) is 20.5. The Labute approximate surface area is 221 Å². The van der Waals surface area contributed by atoms with Crippen LogP contribution < -0.4 is 15.0 Å². The molecule has 1 aliphatic rings. The van der Waals surface area contributed by atoms with Gasteiger partial charge in [0.15, 0.2) is 0 Å². The fraction of sp³-hybridized carbons (Fsp3) is 0.148. The van der Waals surface area contributed by atoms with Gasteiger partial charge >= 0.3 is 11.9 Å². The van der Waals surface area contributed by atoms with Crippen molar-refractivity contribution in [1.29, 1.82) is 0 Å². The summed E-state index contributed by atoms with van der Waals surface area (Å²) in [5.74, 6) is -3.44. The molecule has 1 atom stereocenters. The number of carbonyl (C=O) groups is 5. The van der Waals surface area contributed by atoms with Crippen molar-refractivity contribution in [2.45, 2.75) is 23.5 Å². The molecule has 0 radical (unpaired) electrons. The Bertz CT molecular complexity index is 1420. The standard InChI is InChI=1S/C27H22N2O8S/c1-2-37-18-8-6-17(7-9-18)29-23(30)14-22(25(29)32)38-19-10-4-16(5-11-19)28-24(31)21-13-15(26(33)34)3-12-20(21)27(35)36/h3-13,22H,2,14H2,1H3,(H,28,31)(H,33,34)(H,35,36)/t22-/m0/s1. The minimum atomic E-state index is -1.37. The Morgan fingerprint density at radius 2 is 1.63 bits per heavy atom. The molecule has 10 nitrogen and oxygen atoms in total. The van der Waals surface area contributed by atoms with Crippen LogP contribution in [0.1, 0.15) is 44.4 Å². The monoisotopic (exact) mass is 534 g/mol. The van der Waals surface area contributed by atoms with Gasteiger partial charge in [-0.2, -0.15) is 0 Å². The molecule has 1 heterocycles. The molecule has 1 fully saturated rings. The Hall–Kier alpha value is -4.64. The van der Waals surface area contributed by atoms with Crippen molar-refractivity contribution in [3.8, 4) is 5.75 Å². The van der Waals surface area contributed by atoms with Crippen LogP contribution in [0, 0.1) is 0 Å². The molecule has 194 valence electrons. The van der Waals surface area contributed by atoms with Gasteiger partial charge in [0.2, 0.25) is 11.8 Å².